The van der Waals surface area contributed by atoms with Crippen LogP contribution in [-0.2, 0) is 11.2 Å². The minimum absolute atomic E-state index is 0.182. The molecule has 0 aromatic carbocycles. The molecule has 0 unspecified atom stereocenters. The molecule has 0 aliphatic heterocycles. The standard InChI is InChI=1S/C15H17N3O2/c1-10-5-4-8-16-14(10)15-17-13(20-18-15)9-12(19)11-6-2-3-7-11/h4-5,8,11H,2-3,6-7,9H2,1H3. The molecule has 5 heteroatoms. The number of aryl methyl sites for hydroxylation is 1. The molecule has 0 saturated heterocycles. The highest BCUT2D eigenvalue weighted by molar-refractivity contribution is 5.82. The molecule has 0 bridgehead atoms. The van der Waals surface area contributed by atoms with Gasteiger partial charge in [0.15, 0.2) is 0 Å². The average Bonchev–Trinajstić information content (AvgIpc) is 3.10. The molecule has 2 aromatic heterocycles. The Bertz CT molecular complexity index is 615. The van der Waals surface area contributed by atoms with Gasteiger partial charge in [-0.05, 0) is 31.4 Å². The third kappa shape index (κ3) is 2.61. The number of rotatable bonds is 4. The summed E-state index contributed by atoms with van der Waals surface area (Å²) >= 11 is 0. The van der Waals surface area contributed by atoms with Crippen LogP contribution in [0.15, 0.2) is 22.9 Å². The molecule has 2 heterocycles. The Hall–Kier alpha value is -2.04. The lowest BCUT2D eigenvalue weighted by Gasteiger charge is -2.04. The van der Waals surface area contributed by atoms with Crippen molar-refractivity contribution in [2.24, 2.45) is 5.92 Å². The molecule has 20 heavy (non-hydrogen) atoms. The summed E-state index contributed by atoms with van der Waals surface area (Å²) in [5, 5.41) is 3.93. The topological polar surface area (TPSA) is 68.9 Å². The Morgan fingerprint density at radius 1 is 1.40 bits per heavy atom. The maximum absolute atomic E-state index is 12.1. The summed E-state index contributed by atoms with van der Waals surface area (Å²) in [5.74, 6) is 1.25. The van der Waals surface area contributed by atoms with E-state index in [-0.39, 0.29) is 18.1 Å². The van der Waals surface area contributed by atoms with Gasteiger partial charge in [0.05, 0.1) is 6.42 Å². The Morgan fingerprint density at radius 2 is 2.20 bits per heavy atom. The second kappa shape index (κ2) is 5.53. The van der Waals surface area contributed by atoms with E-state index in [1.165, 1.54) is 0 Å². The van der Waals surface area contributed by atoms with Crippen LogP contribution in [0.4, 0.5) is 0 Å². The van der Waals surface area contributed by atoms with Crippen molar-refractivity contribution in [2.75, 3.05) is 0 Å². The van der Waals surface area contributed by atoms with Crippen LogP contribution in [0.3, 0.4) is 0 Å². The van der Waals surface area contributed by atoms with Crippen molar-refractivity contribution in [2.45, 2.75) is 39.0 Å². The Kier molecular flexibility index (Phi) is 3.58. The van der Waals surface area contributed by atoms with Gasteiger partial charge in [-0.1, -0.05) is 24.1 Å². The Labute approximate surface area is 117 Å². The zero-order valence-corrected chi connectivity index (χ0v) is 11.5. The molecule has 1 aliphatic carbocycles. The fourth-order valence-corrected chi connectivity index (χ4v) is 2.68. The second-order valence-corrected chi connectivity index (χ2v) is 5.31. The SMILES string of the molecule is Cc1cccnc1-c1noc(CC(=O)C2CCCC2)n1. The quantitative estimate of drug-likeness (QED) is 0.855. The lowest BCUT2D eigenvalue weighted by Crippen LogP contribution is -2.13. The summed E-state index contributed by atoms with van der Waals surface area (Å²) in [4.78, 5) is 20.6. The molecule has 1 saturated carbocycles. The number of ketones is 1. The lowest BCUT2D eigenvalue weighted by atomic mass is 10.0. The Balaban J connectivity index is 1.74. The zero-order chi connectivity index (χ0) is 13.9. The van der Waals surface area contributed by atoms with Crippen molar-refractivity contribution in [1.29, 1.82) is 0 Å². The molecule has 5 nitrogen and oxygen atoms in total. The van der Waals surface area contributed by atoms with E-state index >= 15 is 0 Å². The first-order chi connectivity index (χ1) is 9.74. The van der Waals surface area contributed by atoms with E-state index in [0.717, 1.165) is 31.2 Å². The molecule has 2 aromatic rings. The smallest absolute Gasteiger partial charge is 0.234 e. The minimum atomic E-state index is 0.182. The highest BCUT2D eigenvalue weighted by Gasteiger charge is 2.24. The summed E-state index contributed by atoms with van der Waals surface area (Å²) in [6, 6.07) is 3.81. The zero-order valence-electron chi connectivity index (χ0n) is 11.5. The first-order valence-electron chi connectivity index (χ1n) is 7.01. The number of pyridine rings is 1. The van der Waals surface area contributed by atoms with E-state index < -0.39 is 0 Å². The summed E-state index contributed by atoms with van der Waals surface area (Å²) in [6.45, 7) is 1.95. The number of Topliss-reactive ketones (excluding diaryl/α,β-unsaturated/α-hetero) is 1. The van der Waals surface area contributed by atoms with Crippen LogP contribution < -0.4 is 0 Å². The summed E-state index contributed by atoms with van der Waals surface area (Å²) in [5.41, 5.74) is 1.69. The van der Waals surface area contributed by atoms with E-state index in [1.54, 1.807) is 6.20 Å². The van der Waals surface area contributed by atoms with E-state index in [1.807, 2.05) is 19.1 Å². The molecule has 0 N–H and O–H groups in total. The molecule has 1 aliphatic rings. The number of hydrogen-bond acceptors (Lipinski definition) is 5. The van der Waals surface area contributed by atoms with Gasteiger partial charge in [-0.15, -0.1) is 0 Å². The highest BCUT2D eigenvalue weighted by Crippen LogP contribution is 2.26. The normalized spacial score (nSPS) is 15.7. The molecule has 0 atom stereocenters. The first kappa shape index (κ1) is 13.0. The third-order valence-electron chi connectivity index (χ3n) is 3.83. The summed E-state index contributed by atoms with van der Waals surface area (Å²) in [6.07, 6.45) is 6.24. The summed E-state index contributed by atoms with van der Waals surface area (Å²) < 4.78 is 5.18. The molecule has 104 valence electrons. The largest absolute Gasteiger partial charge is 0.338 e. The van der Waals surface area contributed by atoms with Gasteiger partial charge in [-0.3, -0.25) is 9.78 Å². The van der Waals surface area contributed by atoms with Crippen molar-refractivity contribution >= 4 is 5.78 Å². The molecule has 0 spiro atoms. The lowest BCUT2D eigenvalue weighted by molar-refractivity contribution is -0.122. The highest BCUT2D eigenvalue weighted by atomic mass is 16.5. The van der Waals surface area contributed by atoms with Crippen LogP contribution in [0, 0.1) is 12.8 Å². The fraction of sp³-hybridized carbons (Fsp3) is 0.467. The van der Waals surface area contributed by atoms with Crippen LogP contribution in [0.25, 0.3) is 11.5 Å². The van der Waals surface area contributed by atoms with Crippen LogP contribution in [0.1, 0.15) is 37.1 Å². The molecule has 1 fully saturated rings. The van der Waals surface area contributed by atoms with Crippen LogP contribution in [0.2, 0.25) is 0 Å². The fourth-order valence-electron chi connectivity index (χ4n) is 2.68. The summed E-state index contributed by atoms with van der Waals surface area (Å²) in [7, 11) is 0. The predicted molar refractivity (Wildman–Crippen MR) is 72.9 cm³/mol. The van der Waals surface area contributed by atoms with E-state index in [0.29, 0.717) is 17.4 Å². The predicted octanol–water partition coefficient (Wildman–Crippen LogP) is 2.74. The number of carbonyl (C=O) groups is 1. The molecule has 0 radical (unpaired) electrons. The van der Waals surface area contributed by atoms with Gasteiger partial charge in [0.1, 0.15) is 11.5 Å². The molecule has 3 rings (SSSR count). The van der Waals surface area contributed by atoms with Gasteiger partial charge < -0.3 is 4.52 Å². The molecular formula is C15H17N3O2. The second-order valence-electron chi connectivity index (χ2n) is 5.31. The monoisotopic (exact) mass is 271 g/mol. The maximum atomic E-state index is 12.1. The van der Waals surface area contributed by atoms with Crippen LogP contribution in [0.5, 0.6) is 0 Å². The molecule has 0 amide bonds. The average molecular weight is 271 g/mol. The Morgan fingerprint density at radius 3 is 2.95 bits per heavy atom. The van der Waals surface area contributed by atoms with Gasteiger partial charge in [0, 0.05) is 12.1 Å². The van der Waals surface area contributed by atoms with Gasteiger partial charge in [0.2, 0.25) is 11.7 Å². The van der Waals surface area contributed by atoms with Crippen molar-refractivity contribution < 1.29 is 9.32 Å². The van der Waals surface area contributed by atoms with Gasteiger partial charge >= 0.3 is 0 Å². The third-order valence-corrected chi connectivity index (χ3v) is 3.83. The number of hydrogen-bond donors (Lipinski definition) is 0. The van der Waals surface area contributed by atoms with Gasteiger partial charge in [0.25, 0.3) is 0 Å². The van der Waals surface area contributed by atoms with Crippen LogP contribution in [-0.4, -0.2) is 20.9 Å². The van der Waals surface area contributed by atoms with Gasteiger partial charge in [-0.25, -0.2) is 0 Å². The number of carbonyl (C=O) groups excluding carboxylic acids is 1. The van der Waals surface area contributed by atoms with Gasteiger partial charge in [-0.2, -0.15) is 4.98 Å². The molecular weight excluding hydrogens is 254 g/mol. The van der Waals surface area contributed by atoms with Crippen molar-refractivity contribution in [3.63, 3.8) is 0 Å². The van der Waals surface area contributed by atoms with E-state index in [2.05, 4.69) is 15.1 Å². The number of nitrogens with zero attached hydrogens (tertiary/aromatic N) is 3. The minimum Gasteiger partial charge on any atom is -0.338 e. The number of aromatic nitrogens is 3. The van der Waals surface area contributed by atoms with E-state index in [9.17, 15) is 4.79 Å². The van der Waals surface area contributed by atoms with Crippen LogP contribution >= 0.6 is 0 Å². The maximum Gasteiger partial charge on any atom is 0.234 e. The van der Waals surface area contributed by atoms with E-state index in [4.69, 9.17) is 4.52 Å². The van der Waals surface area contributed by atoms with Crippen molar-refractivity contribution in [1.82, 2.24) is 15.1 Å². The first-order valence-corrected chi connectivity index (χ1v) is 7.01. The van der Waals surface area contributed by atoms with Crippen molar-refractivity contribution in [3.8, 4) is 11.5 Å². The van der Waals surface area contributed by atoms with Crippen molar-refractivity contribution in [3.05, 3.63) is 29.8 Å².